The molecule has 4 heteroatoms. The van der Waals surface area contributed by atoms with Crippen molar-refractivity contribution in [1.82, 2.24) is 14.5 Å². The summed E-state index contributed by atoms with van der Waals surface area (Å²) in [6.45, 7) is 2.10. The zero-order valence-corrected chi connectivity index (χ0v) is 12.7. The van der Waals surface area contributed by atoms with Gasteiger partial charge < -0.3 is 14.8 Å². The van der Waals surface area contributed by atoms with Crippen molar-refractivity contribution in [3.8, 4) is 0 Å². The lowest BCUT2D eigenvalue weighted by molar-refractivity contribution is 0.0606. The Balaban J connectivity index is 1.49. The van der Waals surface area contributed by atoms with Crippen LogP contribution in [0.4, 0.5) is 5.95 Å². The van der Waals surface area contributed by atoms with Crippen LogP contribution >= 0.6 is 0 Å². The number of fused-ring (bicyclic) bond motifs is 2. The third kappa shape index (κ3) is 2.24. The molecule has 2 atom stereocenters. The molecule has 3 fully saturated rings. The normalized spacial score (nSPS) is 34.2. The highest BCUT2D eigenvalue weighted by atomic mass is 15.3. The van der Waals surface area contributed by atoms with Crippen molar-refractivity contribution in [2.45, 2.75) is 76.0 Å². The van der Waals surface area contributed by atoms with Gasteiger partial charge in [-0.05, 0) is 52.5 Å². The molecule has 2 aliphatic heterocycles. The summed E-state index contributed by atoms with van der Waals surface area (Å²) < 4.78 is 2.38. The van der Waals surface area contributed by atoms with Gasteiger partial charge in [0, 0.05) is 30.4 Å². The van der Waals surface area contributed by atoms with Gasteiger partial charge in [-0.2, -0.15) is 0 Å². The number of nitrogens with one attached hydrogen (secondary N) is 1. The average Bonchev–Trinajstić information content (AvgIpc) is 3.16. The van der Waals surface area contributed by atoms with E-state index in [1.54, 1.807) is 0 Å². The minimum absolute atomic E-state index is 0.612. The Bertz CT molecular complexity index is 477. The molecule has 2 bridgehead atoms. The zero-order valence-electron chi connectivity index (χ0n) is 12.7. The highest BCUT2D eigenvalue weighted by molar-refractivity contribution is 5.32. The summed E-state index contributed by atoms with van der Waals surface area (Å²) in [5.74, 6) is 1.12. The van der Waals surface area contributed by atoms with Crippen LogP contribution in [0.3, 0.4) is 0 Å². The summed E-state index contributed by atoms with van der Waals surface area (Å²) in [5, 5.41) is 3.77. The van der Waals surface area contributed by atoms with Crippen LogP contribution in [-0.4, -0.2) is 39.6 Å². The topological polar surface area (TPSA) is 33.1 Å². The van der Waals surface area contributed by atoms with Crippen LogP contribution in [0, 0.1) is 6.92 Å². The van der Waals surface area contributed by atoms with Crippen molar-refractivity contribution in [2.24, 2.45) is 0 Å². The van der Waals surface area contributed by atoms with Gasteiger partial charge in [0.2, 0.25) is 5.95 Å². The minimum Gasteiger partial charge on any atom is -0.353 e. The maximum absolute atomic E-state index is 4.72. The molecule has 0 aromatic carbocycles. The van der Waals surface area contributed by atoms with E-state index in [-0.39, 0.29) is 0 Å². The molecule has 110 valence electrons. The molecular weight excluding hydrogens is 248 g/mol. The van der Waals surface area contributed by atoms with Gasteiger partial charge in [-0.15, -0.1) is 0 Å². The molecule has 0 spiro atoms. The third-order valence-electron chi connectivity index (χ3n) is 5.47. The SMILES string of the molecule is Cc1cn(C2CC2)c(NC2CC3CCCC(C2)N3C)n1. The average molecular weight is 274 g/mol. The van der Waals surface area contributed by atoms with E-state index in [1.165, 1.54) is 44.9 Å². The van der Waals surface area contributed by atoms with Crippen LogP contribution in [0.5, 0.6) is 0 Å². The van der Waals surface area contributed by atoms with E-state index in [0.29, 0.717) is 12.1 Å². The van der Waals surface area contributed by atoms with Gasteiger partial charge in [-0.25, -0.2) is 4.98 Å². The summed E-state index contributed by atoms with van der Waals surface area (Å²) in [6, 6.07) is 2.89. The fourth-order valence-corrected chi connectivity index (χ4v) is 4.17. The third-order valence-corrected chi connectivity index (χ3v) is 5.47. The van der Waals surface area contributed by atoms with Crippen molar-refractivity contribution in [2.75, 3.05) is 12.4 Å². The van der Waals surface area contributed by atoms with Crippen LogP contribution in [-0.2, 0) is 0 Å². The number of piperidine rings is 2. The van der Waals surface area contributed by atoms with Gasteiger partial charge in [-0.3, -0.25) is 0 Å². The summed E-state index contributed by atoms with van der Waals surface area (Å²) in [6.07, 6.45) is 11.6. The molecule has 4 nitrogen and oxygen atoms in total. The van der Waals surface area contributed by atoms with Gasteiger partial charge in [0.15, 0.2) is 0 Å². The first-order valence-corrected chi connectivity index (χ1v) is 8.24. The summed E-state index contributed by atoms with van der Waals surface area (Å²) in [5.41, 5.74) is 1.15. The smallest absolute Gasteiger partial charge is 0.203 e. The number of rotatable bonds is 3. The van der Waals surface area contributed by atoms with Crippen molar-refractivity contribution in [3.05, 3.63) is 11.9 Å². The number of nitrogens with zero attached hydrogens (tertiary/aromatic N) is 3. The van der Waals surface area contributed by atoms with Crippen LogP contribution in [0.2, 0.25) is 0 Å². The summed E-state index contributed by atoms with van der Waals surface area (Å²) in [4.78, 5) is 7.34. The Kier molecular flexibility index (Phi) is 3.02. The van der Waals surface area contributed by atoms with E-state index in [1.807, 2.05) is 0 Å². The Hall–Kier alpha value is -1.03. The maximum Gasteiger partial charge on any atom is 0.203 e. The largest absolute Gasteiger partial charge is 0.353 e. The second kappa shape index (κ2) is 4.76. The van der Waals surface area contributed by atoms with Crippen molar-refractivity contribution in [3.63, 3.8) is 0 Å². The van der Waals surface area contributed by atoms with E-state index in [4.69, 9.17) is 4.98 Å². The Morgan fingerprint density at radius 2 is 1.80 bits per heavy atom. The molecule has 0 radical (unpaired) electrons. The molecule has 1 aromatic heterocycles. The molecule has 1 saturated carbocycles. The van der Waals surface area contributed by atoms with Crippen LogP contribution in [0.25, 0.3) is 0 Å². The van der Waals surface area contributed by atoms with E-state index < -0.39 is 0 Å². The standard InChI is InChI=1S/C16H26N4/c1-11-10-20(13-6-7-13)16(17-11)18-12-8-14-4-3-5-15(9-12)19(14)2/h10,12-15H,3-9H2,1-2H3,(H,17,18). The number of imidazole rings is 1. The number of aromatic nitrogens is 2. The number of aryl methyl sites for hydroxylation is 1. The molecule has 1 aliphatic carbocycles. The lowest BCUT2D eigenvalue weighted by Gasteiger charge is -2.47. The van der Waals surface area contributed by atoms with Crippen molar-refractivity contribution < 1.29 is 0 Å². The summed E-state index contributed by atoms with van der Waals surface area (Å²) in [7, 11) is 2.32. The first-order chi connectivity index (χ1) is 9.70. The molecule has 2 saturated heterocycles. The van der Waals surface area contributed by atoms with Crippen LogP contribution in [0.15, 0.2) is 6.20 Å². The van der Waals surface area contributed by atoms with Crippen LogP contribution < -0.4 is 5.32 Å². The Morgan fingerprint density at radius 1 is 1.10 bits per heavy atom. The van der Waals surface area contributed by atoms with Crippen molar-refractivity contribution >= 4 is 5.95 Å². The Labute approximate surface area is 121 Å². The number of anilines is 1. The number of hydrogen-bond donors (Lipinski definition) is 1. The quantitative estimate of drug-likeness (QED) is 0.920. The fourth-order valence-electron chi connectivity index (χ4n) is 4.17. The van der Waals surface area contributed by atoms with E-state index in [9.17, 15) is 0 Å². The fraction of sp³-hybridized carbons (Fsp3) is 0.812. The molecule has 0 amide bonds. The monoisotopic (exact) mass is 274 g/mol. The van der Waals surface area contributed by atoms with Gasteiger partial charge in [-0.1, -0.05) is 6.42 Å². The molecule has 2 unspecified atom stereocenters. The Morgan fingerprint density at radius 3 is 2.45 bits per heavy atom. The lowest BCUT2D eigenvalue weighted by Crippen LogP contribution is -2.53. The van der Waals surface area contributed by atoms with E-state index in [2.05, 4.69) is 35.0 Å². The van der Waals surface area contributed by atoms with Crippen LogP contribution in [0.1, 0.15) is 56.7 Å². The molecule has 1 aromatic rings. The molecule has 3 aliphatic rings. The molecule has 4 rings (SSSR count). The minimum atomic E-state index is 0.612. The van der Waals surface area contributed by atoms with Gasteiger partial charge >= 0.3 is 0 Å². The van der Waals surface area contributed by atoms with Gasteiger partial charge in [0.1, 0.15) is 0 Å². The molecular formula is C16H26N4. The lowest BCUT2D eigenvalue weighted by atomic mass is 9.82. The second-order valence-corrected chi connectivity index (χ2v) is 7.06. The molecule has 20 heavy (non-hydrogen) atoms. The molecule has 3 heterocycles. The van der Waals surface area contributed by atoms with Gasteiger partial charge in [0.25, 0.3) is 0 Å². The summed E-state index contributed by atoms with van der Waals surface area (Å²) >= 11 is 0. The predicted octanol–water partition coefficient (Wildman–Crippen LogP) is 2.95. The zero-order chi connectivity index (χ0) is 13.7. The van der Waals surface area contributed by atoms with Gasteiger partial charge in [0.05, 0.1) is 5.69 Å². The first-order valence-electron chi connectivity index (χ1n) is 8.24. The number of hydrogen-bond acceptors (Lipinski definition) is 3. The highest BCUT2D eigenvalue weighted by Gasteiger charge is 2.36. The van der Waals surface area contributed by atoms with E-state index >= 15 is 0 Å². The van der Waals surface area contributed by atoms with E-state index in [0.717, 1.165) is 23.7 Å². The first kappa shape index (κ1) is 12.7. The second-order valence-electron chi connectivity index (χ2n) is 7.06. The predicted molar refractivity (Wildman–Crippen MR) is 81.1 cm³/mol. The van der Waals surface area contributed by atoms with Crippen molar-refractivity contribution in [1.29, 1.82) is 0 Å². The molecule has 1 N–H and O–H groups in total. The highest BCUT2D eigenvalue weighted by Crippen LogP contribution is 2.38. The maximum atomic E-state index is 4.72.